The predicted molar refractivity (Wildman–Crippen MR) is 163 cm³/mol. The van der Waals surface area contributed by atoms with E-state index < -0.39 is 0 Å². The van der Waals surface area contributed by atoms with Crippen molar-refractivity contribution in [1.29, 1.82) is 0 Å². The largest absolute Gasteiger partial charge is 0.341 e. The summed E-state index contributed by atoms with van der Waals surface area (Å²) in [6, 6.07) is 27.4. The van der Waals surface area contributed by atoms with E-state index in [0.29, 0.717) is 12.1 Å². The van der Waals surface area contributed by atoms with Crippen LogP contribution < -0.4 is 0 Å². The summed E-state index contributed by atoms with van der Waals surface area (Å²) in [5.74, 6) is 2.17. The number of imidazole rings is 2. The van der Waals surface area contributed by atoms with Crippen LogP contribution in [-0.4, -0.2) is 56.9 Å². The third-order valence-corrected chi connectivity index (χ3v) is 9.22. The van der Waals surface area contributed by atoms with Crippen molar-refractivity contribution in [3.63, 3.8) is 0 Å². The number of aromatic nitrogens is 4. The Morgan fingerprint density at radius 1 is 0.625 bits per heavy atom. The Hall–Kier alpha value is -4.00. The molecule has 2 unspecified atom stereocenters. The number of fused-ring (bicyclic) bond motifs is 3. The van der Waals surface area contributed by atoms with E-state index in [1.165, 1.54) is 58.7 Å². The van der Waals surface area contributed by atoms with Crippen molar-refractivity contribution < 1.29 is 0 Å². The van der Waals surface area contributed by atoms with Gasteiger partial charge in [-0.25, -0.2) is 9.97 Å². The summed E-state index contributed by atoms with van der Waals surface area (Å²) < 4.78 is 0. The fraction of sp³-hybridized carbons (Fsp3) is 0.294. The maximum Gasteiger partial charge on any atom is 0.124 e. The van der Waals surface area contributed by atoms with Crippen LogP contribution in [0, 0.1) is 0 Å². The van der Waals surface area contributed by atoms with Crippen molar-refractivity contribution in [1.82, 2.24) is 29.7 Å². The molecule has 4 aromatic carbocycles. The number of nitrogens with one attached hydrogen (secondary N) is 2. The highest BCUT2D eigenvalue weighted by Crippen LogP contribution is 2.37. The van der Waals surface area contributed by atoms with Gasteiger partial charge in [0.25, 0.3) is 0 Å². The van der Waals surface area contributed by atoms with Crippen LogP contribution in [0.4, 0.5) is 0 Å². The predicted octanol–water partition coefficient (Wildman–Crippen LogP) is 7.46. The zero-order chi connectivity index (χ0) is 26.8. The molecule has 6 nitrogen and oxygen atoms in total. The lowest BCUT2D eigenvalue weighted by atomic mass is 9.93. The first-order valence-electron chi connectivity index (χ1n) is 14.5. The summed E-state index contributed by atoms with van der Waals surface area (Å²) in [5.41, 5.74) is 9.18. The Kier molecular flexibility index (Phi) is 5.54. The third-order valence-electron chi connectivity index (χ3n) is 9.22. The fourth-order valence-electron chi connectivity index (χ4n) is 7.03. The second-order valence-corrected chi connectivity index (χ2v) is 11.7. The van der Waals surface area contributed by atoms with Gasteiger partial charge in [0.15, 0.2) is 0 Å². The Labute approximate surface area is 234 Å². The fourth-order valence-corrected chi connectivity index (χ4v) is 7.03. The molecule has 0 bridgehead atoms. The molecule has 6 heteroatoms. The zero-order valence-electron chi connectivity index (χ0n) is 23.1. The lowest BCUT2D eigenvalue weighted by Crippen LogP contribution is -2.18. The summed E-state index contributed by atoms with van der Waals surface area (Å²) in [4.78, 5) is 22.0. The molecule has 2 saturated heterocycles. The number of hydrogen-bond donors (Lipinski definition) is 2. The highest BCUT2D eigenvalue weighted by Gasteiger charge is 2.26. The number of H-pyrrole nitrogens is 2. The molecule has 2 atom stereocenters. The lowest BCUT2D eigenvalue weighted by molar-refractivity contribution is 0.307. The molecule has 0 radical (unpaired) electrons. The monoisotopic (exact) mass is 526 g/mol. The highest BCUT2D eigenvalue weighted by atomic mass is 15.2. The molecule has 0 saturated carbocycles. The molecule has 2 N–H and O–H groups in total. The first kappa shape index (κ1) is 23.9. The van der Waals surface area contributed by atoms with Crippen molar-refractivity contribution in [3.05, 3.63) is 84.4 Å². The molecule has 2 fully saturated rings. The van der Waals surface area contributed by atoms with Gasteiger partial charge in [-0.3, -0.25) is 9.80 Å². The van der Waals surface area contributed by atoms with Gasteiger partial charge in [-0.05, 0) is 110 Å². The molecule has 8 rings (SSSR count). The van der Waals surface area contributed by atoms with Crippen LogP contribution in [0.1, 0.15) is 49.4 Å². The van der Waals surface area contributed by atoms with Crippen molar-refractivity contribution in [2.24, 2.45) is 0 Å². The molecule has 0 amide bonds. The van der Waals surface area contributed by atoms with E-state index in [9.17, 15) is 0 Å². The van der Waals surface area contributed by atoms with E-state index in [1.54, 1.807) is 0 Å². The van der Waals surface area contributed by atoms with Gasteiger partial charge in [-0.2, -0.15) is 0 Å². The first-order chi connectivity index (χ1) is 19.6. The Morgan fingerprint density at radius 3 is 1.52 bits per heavy atom. The average Bonchev–Trinajstić information content (AvgIpc) is 3.77. The zero-order valence-corrected chi connectivity index (χ0v) is 23.1. The smallest absolute Gasteiger partial charge is 0.124 e. The highest BCUT2D eigenvalue weighted by molar-refractivity contribution is 6.05. The Morgan fingerprint density at radius 2 is 1.10 bits per heavy atom. The van der Waals surface area contributed by atoms with Crippen molar-refractivity contribution in [2.45, 2.75) is 37.8 Å². The van der Waals surface area contributed by atoms with Crippen LogP contribution in [-0.2, 0) is 0 Å². The van der Waals surface area contributed by atoms with Gasteiger partial charge in [-0.15, -0.1) is 0 Å². The van der Waals surface area contributed by atoms with E-state index in [1.807, 2.05) is 0 Å². The third kappa shape index (κ3) is 3.86. The van der Waals surface area contributed by atoms with Gasteiger partial charge >= 0.3 is 0 Å². The summed E-state index contributed by atoms with van der Waals surface area (Å²) in [6.45, 7) is 2.27. The molecule has 40 heavy (non-hydrogen) atoms. The van der Waals surface area contributed by atoms with Gasteiger partial charge in [0.1, 0.15) is 11.6 Å². The standard InChI is InChI=1S/C34H34N6/c1-39-17-5-11-31(39)33-35-27-15-13-21(19-29(27)37-33)23-7-3-10-26-24(8-4-9-25(23)26)22-14-16-28-30(20-22)38-34(36-28)32-12-6-18-40(32)2/h3-4,7-10,13-16,19-20,31-32H,5-6,11-12,17-18H2,1-2H3,(H,35,37)(H,36,38). The van der Waals surface area contributed by atoms with Crippen LogP contribution in [0.3, 0.4) is 0 Å². The van der Waals surface area contributed by atoms with Crippen LogP contribution >= 0.6 is 0 Å². The molecule has 0 spiro atoms. The maximum atomic E-state index is 4.94. The van der Waals surface area contributed by atoms with E-state index in [2.05, 4.69) is 107 Å². The quantitative estimate of drug-likeness (QED) is 0.250. The number of benzene rings is 4. The van der Waals surface area contributed by atoms with Gasteiger partial charge in [0.2, 0.25) is 0 Å². The van der Waals surface area contributed by atoms with E-state index >= 15 is 0 Å². The van der Waals surface area contributed by atoms with Crippen molar-refractivity contribution >= 4 is 32.8 Å². The molecule has 6 aromatic rings. The summed E-state index contributed by atoms with van der Waals surface area (Å²) in [5, 5.41) is 2.51. The molecule has 4 heterocycles. The maximum absolute atomic E-state index is 4.94. The second-order valence-electron chi connectivity index (χ2n) is 11.7. The summed E-state index contributed by atoms with van der Waals surface area (Å²) >= 11 is 0. The molecule has 2 aromatic heterocycles. The minimum absolute atomic E-state index is 0.387. The van der Waals surface area contributed by atoms with Crippen molar-refractivity contribution in [3.8, 4) is 22.3 Å². The molecule has 200 valence electrons. The Bertz CT molecular complexity index is 1740. The number of likely N-dealkylation sites (tertiary alicyclic amines) is 2. The normalized spacial score (nSPS) is 20.4. The summed E-state index contributed by atoms with van der Waals surface area (Å²) in [6.07, 6.45) is 4.79. The van der Waals surface area contributed by atoms with Crippen molar-refractivity contribution in [2.75, 3.05) is 27.2 Å². The average molecular weight is 527 g/mol. The molecular formula is C34H34N6. The van der Waals surface area contributed by atoms with Crippen LogP contribution in [0.2, 0.25) is 0 Å². The van der Waals surface area contributed by atoms with Crippen LogP contribution in [0.15, 0.2) is 72.8 Å². The molecule has 2 aliphatic rings. The first-order valence-corrected chi connectivity index (χ1v) is 14.5. The molecule has 0 aliphatic carbocycles. The van der Waals surface area contributed by atoms with E-state index in [4.69, 9.17) is 9.97 Å². The molecule has 2 aliphatic heterocycles. The van der Waals surface area contributed by atoms with E-state index in [-0.39, 0.29) is 0 Å². The number of hydrogen-bond acceptors (Lipinski definition) is 4. The van der Waals surface area contributed by atoms with Crippen LogP contribution in [0.25, 0.3) is 55.1 Å². The number of aromatic amines is 2. The lowest BCUT2D eigenvalue weighted by Gasteiger charge is -2.16. The SMILES string of the molecule is CN1CCCC1c1nc2ccc(-c3cccc4c(-c5ccc6nc(C7CCCN7C)[nH]c6c5)cccc34)cc2[nH]1. The summed E-state index contributed by atoms with van der Waals surface area (Å²) in [7, 11) is 4.39. The van der Waals surface area contributed by atoms with Gasteiger partial charge in [0.05, 0.1) is 34.2 Å². The second kappa shape index (κ2) is 9.29. The van der Waals surface area contributed by atoms with Gasteiger partial charge < -0.3 is 9.97 Å². The van der Waals surface area contributed by atoms with E-state index in [0.717, 1.165) is 46.8 Å². The number of nitrogens with zero attached hydrogens (tertiary/aromatic N) is 4. The molecular weight excluding hydrogens is 492 g/mol. The van der Waals surface area contributed by atoms with Crippen LogP contribution in [0.5, 0.6) is 0 Å². The minimum Gasteiger partial charge on any atom is -0.341 e. The number of rotatable bonds is 4. The van der Waals surface area contributed by atoms with Gasteiger partial charge in [-0.1, -0.05) is 48.5 Å². The van der Waals surface area contributed by atoms with Gasteiger partial charge in [0, 0.05) is 0 Å². The topological polar surface area (TPSA) is 63.8 Å². The Balaban J connectivity index is 1.19. The minimum atomic E-state index is 0.387.